The molecule has 63 heavy (non-hydrogen) atoms. The van der Waals surface area contributed by atoms with Crippen LogP contribution in [0.1, 0.15) is 84.3 Å². The van der Waals surface area contributed by atoms with Crippen LogP contribution >= 0.6 is 0 Å². The number of pyridine rings is 4. The van der Waals surface area contributed by atoms with Gasteiger partial charge in [-0.1, -0.05) is 24.3 Å². The number of amides is 4. The summed E-state index contributed by atoms with van der Waals surface area (Å²) < 4.78 is 5.08. The van der Waals surface area contributed by atoms with Crippen molar-refractivity contribution in [1.29, 1.82) is 0 Å². The molecule has 0 radical (unpaired) electrons. The molecule has 2 atom stereocenters. The Bertz CT molecular complexity index is 2290. The van der Waals surface area contributed by atoms with Crippen LogP contribution in [0.2, 0.25) is 0 Å². The topological polar surface area (TPSA) is 227 Å². The van der Waals surface area contributed by atoms with E-state index in [2.05, 4.69) is 44.9 Å². The van der Waals surface area contributed by atoms with E-state index in [1.165, 1.54) is 30.5 Å². The molecule has 2 fully saturated rings. The average Bonchev–Trinajstić information content (AvgIpc) is 3.85. The highest BCUT2D eigenvalue weighted by Gasteiger charge is 2.37. The highest BCUT2D eigenvalue weighted by Crippen LogP contribution is 2.30. The van der Waals surface area contributed by atoms with Crippen LogP contribution in [0, 0.1) is 0 Å². The van der Waals surface area contributed by atoms with Crippen molar-refractivity contribution < 1.29 is 34.1 Å². The van der Waals surface area contributed by atoms with Crippen LogP contribution in [0.25, 0.3) is 0 Å². The quantitative estimate of drug-likeness (QED) is 0.0968. The van der Waals surface area contributed by atoms with Crippen molar-refractivity contribution >= 4 is 35.6 Å². The molecule has 0 unspecified atom stereocenters. The Balaban J connectivity index is 0.000000189. The smallest absolute Gasteiger partial charge is 0.320 e. The number of aromatic nitrogens is 4. The average molecular weight is 865 g/mol. The molecule has 18 nitrogen and oxygen atoms in total. The van der Waals surface area contributed by atoms with E-state index >= 15 is 0 Å². The number of carboxylic acid groups (broad SMARTS) is 2. The standard InChI is InChI=1S/C23H29N5O4.C22H27N5O4/c1-32-20-9-7-17(15-25-20)19(14-21(29)30)28-13-12-27(23(28)31)11-3-5-18-8-6-16-4-2-10-24-22(16)26-18;28-19-8-6-16(14-24-19)18(13-20(29)30)27-12-11-26(22(27)31)10-2-4-17-7-5-15-3-1-9-23-21(15)25-17/h6-9,15,19H,2-5,10-14H2,1H3,(H,24,26)(H,29,30);5-8,14,18H,1-4,9-13H2,(H,23,25)(H,24,28)(H,29,30)/t19-;18-/m00/s1. The molecule has 18 heteroatoms. The number of methoxy groups -OCH3 is 1. The summed E-state index contributed by atoms with van der Waals surface area (Å²) in [4.78, 5) is 83.2. The number of aromatic amines is 1. The first kappa shape index (κ1) is 44.3. The first-order valence-corrected chi connectivity index (χ1v) is 21.7. The van der Waals surface area contributed by atoms with E-state index in [4.69, 9.17) is 14.7 Å². The third-order valence-electron chi connectivity index (χ3n) is 11.9. The summed E-state index contributed by atoms with van der Waals surface area (Å²) in [6, 6.07) is 13.3. The minimum absolute atomic E-state index is 0.132. The fourth-order valence-corrected chi connectivity index (χ4v) is 8.60. The lowest BCUT2D eigenvalue weighted by Crippen LogP contribution is -2.36. The third-order valence-corrected chi connectivity index (χ3v) is 11.9. The number of fused-ring (bicyclic) bond motifs is 2. The molecule has 0 aromatic carbocycles. The van der Waals surface area contributed by atoms with E-state index in [-0.39, 0.29) is 30.5 Å². The number of aryl methyl sites for hydroxylation is 4. The Morgan fingerprint density at radius 2 is 1.22 bits per heavy atom. The van der Waals surface area contributed by atoms with E-state index in [0.29, 0.717) is 56.3 Å². The van der Waals surface area contributed by atoms with Crippen molar-refractivity contribution in [2.45, 2.75) is 76.3 Å². The maximum atomic E-state index is 13.0. The number of ether oxygens (including phenoxy) is 1. The minimum atomic E-state index is -0.991. The molecule has 8 heterocycles. The fourth-order valence-electron chi connectivity index (χ4n) is 8.60. The van der Waals surface area contributed by atoms with Crippen molar-refractivity contribution in [3.8, 4) is 5.88 Å². The van der Waals surface area contributed by atoms with Crippen LogP contribution in [-0.4, -0.2) is 133 Å². The molecule has 4 amide bonds. The van der Waals surface area contributed by atoms with Gasteiger partial charge in [0, 0.05) is 88.3 Å². The van der Waals surface area contributed by atoms with Crippen LogP contribution in [0.3, 0.4) is 0 Å². The molecule has 5 N–H and O–H groups in total. The molecule has 4 aromatic rings. The zero-order chi connectivity index (χ0) is 44.3. The van der Waals surface area contributed by atoms with Gasteiger partial charge in [0.25, 0.3) is 0 Å². The number of aliphatic carboxylic acids is 2. The van der Waals surface area contributed by atoms with Gasteiger partial charge in [-0.2, -0.15) is 0 Å². The van der Waals surface area contributed by atoms with Crippen molar-refractivity contribution in [1.82, 2.24) is 39.5 Å². The van der Waals surface area contributed by atoms with Gasteiger partial charge in [-0.15, -0.1) is 0 Å². The Morgan fingerprint density at radius 3 is 1.68 bits per heavy atom. The molecule has 334 valence electrons. The van der Waals surface area contributed by atoms with Gasteiger partial charge < -0.3 is 50.2 Å². The van der Waals surface area contributed by atoms with Crippen LogP contribution in [0.4, 0.5) is 21.2 Å². The second kappa shape index (κ2) is 20.9. The van der Waals surface area contributed by atoms with Gasteiger partial charge in [0.1, 0.15) is 11.6 Å². The first-order chi connectivity index (χ1) is 30.6. The molecule has 0 spiro atoms. The molecule has 4 aliphatic heterocycles. The second-order valence-corrected chi connectivity index (χ2v) is 16.2. The normalized spacial score (nSPS) is 16.6. The van der Waals surface area contributed by atoms with E-state index in [0.717, 1.165) is 87.5 Å². The summed E-state index contributed by atoms with van der Waals surface area (Å²) >= 11 is 0. The summed E-state index contributed by atoms with van der Waals surface area (Å²) in [5, 5.41) is 25.4. The number of carbonyl (C=O) groups is 4. The van der Waals surface area contributed by atoms with Crippen LogP contribution in [0.15, 0.2) is 65.7 Å². The lowest BCUT2D eigenvalue weighted by atomic mass is 10.0. The van der Waals surface area contributed by atoms with Crippen molar-refractivity contribution in [3.05, 3.63) is 105 Å². The van der Waals surface area contributed by atoms with Gasteiger partial charge in [0.05, 0.1) is 32.0 Å². The van der Waals surface area contributed by atoms with Crippen LogP contribution in [-0.2, 0) is 35.3 Å². The summed E-state index contributed by atoms with van der Waals surface area (Å²) in [5.74, 6) is 0.466. The molecule has 0 saturated carbocycles. The molecule has 0 aliphatic carbocycles. The predicted molar refractivity (Wildman–Crippen MR) is 234 cm³/mol. The SMILES string of the molecule is COc1ccc([C@H](CC(=O)O)N2CCN(CCCc3ccc4c(n3)NCCC4)C2=O)cn1.O=C(O)C[C@@H](c1ccc(=O)[nH]c1)N1CCN(CCCc2ccc3c(n2)NCCC3)C1=O. The molecule has 4 aromatic heterocycles. The number of nitrogens with one attached hydrogen (secondary N) is 3. The number of carbonyl (C=O) groups excluding carboxylic acids is 2. The molecule has 2 saturated heterocycles. The van der Waals surface area contributed by atoms with Gasteiger partial charge in [0.2, 0.25) is 11.4 Å². The van der Waals surface area contributed by atoms with Crippen molar-refractivity contribution in [2.75, 3.05) is 70.1 Å². The molecular formula is C45H56N10O8. The number of hydrogen-bond acceptors (Lipinski definition) is 11. The van der Waals surface area contributed by atoms with Crippen molar-refractivity contribution in [2.24, 2.45) is 0 Å². The Kier molecular flexibility index (Phi) is 14.7. The number of hydrogen-bond donors (Lipinski definition) is 5. The summed E-state index contributed by atoms with van der Waals surface area (Å²) in [5.41, 5.74) is 5.59. The number of rotatable bonds is 17. The molecule has 0 bridgehead atoms. The maximum absolute atomic E-state index is 13.0. The Morgan fingerprint density at radius 1 is 0.698 bits per heavy atom. The zero-order valence-electron chi connectivity index (χ0n) is 35.6. The fraction of sp³-hybridized carbons (Fsp3) is 0.467. The molecule has 4 aliphatic rings. The van der Waals surface area contributed by atoms with Crippen molar-refractivity contribution in [3.63, 3.8) is 0 Å². The number of H-pyrrole nitrogens is 1. The number of anilines is 2. The van der Waals surface area contributed by atoms with E-state index in [1.807, 2.05) is 0 Å². The molecule has 8 rings (SSSR count). The van der Waals surface area contributed by atoms with Gasteiger partial charge >= 0.3 is 24.0 Å². The summed E-state index contributed by atoms with van der Waals surface area (Å²) in [6.45, 7) is 5.20. The number of nitrogens with zero attached hydrogens (tertiary/aromatic N) is 7. The Labute approximate surface area is 365 Å². The third kappa shape index (κ3) is 11.4. The highest BCUT2D eigenvalue weighted by molar-refractivity contribution is 5.79. The van der Waals surface area contributed by atoms with Crippen LogP contribution < -0.4 is 20.9 Å². The van der Waals surface area contributed by atoms with Gasteiger partial charge in [-0.25, -0.2) is 24.5 Å². The lowest BCUT2D eigenvalue weighted by molar-refractivity contribution is -0.139. The van der Waals surface area contributed by atoms with E-state index in [9.17, 15) is 34.2 Å². The van der Waals surface area contributed by atoms with Gasteiger partial charge in [-0.05, 0) is 85.8 Å². The summed E-state index contributed by atoms with van der Waals surface area (Å²) in [6.07, 6.45) is 10.2. The van der Waals surface area contributed by atoms with Gasteiger partial charge in [-0.3, -0.25) is 14.4 Å². The number of carboxylic acids is 2. The van der Waals surface area contributed by atoms with E-state index < -0.39 is 24.0 Å². The lowest BCUT2D eigenvalue weighted by Gasteiger charge is -2.27. The molecular weight excluding hydrogens is 809 g/mol. The predicted octanol–water partition coefficient (Wildman–Crippen LogP) is 4.74. The second-order valence-electron chi connectivity index (χ2n) is 16.2. The summed E-state index contributed by atoms with van der Waals surface area (Å²) in [7, 11) is 1.52. The largest absolute Gasteiger partial charge is 0.481 e. The monoisotopic (exact) mass is 864 g/mol. The van der Waals surface area contributed by atoms with E-state index in [1.54, 1.807) is 44.0 Å². The highest BCUT2D eigenvalue weighted by atomic mass is 16.5. The van der Waals surface area contributed by atoms with Gasteiger partial charge in [0.15, 0.2) is 0 Å². The Hall–Kier alpha value is -6.72. The first-order valence-electron chi connectivity index (χ1n) is 21.7. The minimum Gasteiger partial charge on any atom is -0.481 e. The van der Waals surface area contributed by atoms with Crippen LogP contribution in [0.5, 0.6) is 5.88 Å². The zero-order valence-corrected chi connectivity index (χ0v) is 35.6. The maximum Gasteiger partial charge on any atom is 0.320 e. The number of urea groups is 2.